The van der Waals surface area contributed by atoms with Crippen molar-refractivity contribution in [1.29, 1.82) is 0 Å². The molecule has 0 unspecified atom stereocenters. The molecule has 0 bridgehead atoms. The van der Waals surface area contributed by atoms with Gasteiger partial charge in [0.05, 0.1) is 12.2 Å². The van der Waals surface area contributed by atoms with Gasteiger partial charge in [-0.1, -0.05) is 42.5 Å². The number of rotatable bonds is 12. The number of nitrogens with one attached hydrogen (secondary N) is 1. The van der Waals surface area contributed by atoms with Crippen LogP contribution < -0.4 is 10.1 Å². The standard InChI is InChI=1S/C24H35NO5/c1-2-25-24(29)13-9-4-3-8-12-20-21(23(28)16-22(20)27)15-14-18(26)17-30-19-10-6-5-7-11-19/h3,5-8,10-11,14-15,18,20-23,26-28H,2,4,9,12-13,16-17H2,1H3,(H,25,29)/b8-3+,15-14?/t18-,20-,21-,22+,23-/m1/s1. The Labute approximate surface area is 179 Å². The third kappa shape index (κ3) is 8.30. The van der Waals surface area contributed by atoms with Crippen molar-refractivity contribution in [3.8, 4) is 5.75 Å². The van der Waals surface area contributed by atoms with Crippen molar-refractivity contribution >= 4 is 5.91 Å². The highest BCUT2D eigenvalue weighted by Crippen LogP contribution is 2.36. The molecule has 0 saturated heterocycles. The van der Waals surface area contributed by atoms with Crippen molar-refractivity contribution in [1.82, 2.24) is 5.32 Å². The van der Waals surface area contributed by atoms with Crippen LogP contribution in [0.15, 0.2) is 54.6 Å². The lowest BCUT2D eigenvalue weighted by molar-refractivity contribution is -0.121. The third-order valence-corrected chi connectivity index (χ3v) is 5.36. The van der Waals surface area contributed by atoms with Gasteiger partial charge in [-0.2, -0.15) is 0 Å². The van der Waals surface area contributed by atoms with Gasteiger partial charge in [0, 0.05) is 25.3 Å². The molecule has 0 heterocycles. The zero-order valence-corrected chi connectivity index (χ0v) is 17.7. The molecule has 0 radical (unpaired) electrons. The number of unbranched alkanes of at least 4 members (excludes halogenated alkanes) is 1. The highest BCUT2D eigenvalue weighted by Gasteiger charge is 2.39. The topological polar surface area (TPSA) is 99.0 Å². The van der Waals surface area contributed by atoms with Crippen molar-refractivity contribution in [3.63, 3.8) is 0 Å². The predicted molar refractivity (Wildman–Crippen MR) is 117 cm³/mol. The van der Waals surface area contributed by atoms with Gasteiger partial charge < -0.3 is 25.4 Å². The number of hydrogen-bond acceptors (Lipinski definition) is 5. The van der Waals surface area contributed by atoms with E-state index in [2.05, 4.69) is 5.32 Å². The molecule has 0 spiro atoms. The third-order valence-electron chi connectivity index (χ3n) is 5.36. The summed E-state index contributed by atoms with van der Waals surface area (Å²) in [5, 5.41) is 33.6. The van der Waals surface area contributed by atoms with Gasteiger partial charge in [-0.15, -0.1) is 0 Å². The zero-order chi connectivity index (χ0) is 21.8. The normalized spacial score (nSPS) is 25.1. The molecule has 1 amide bonds. The summed E-state index contributed by atoms with van der Waals surface area (Å²) in [5.41, 5.74) is 0. The van der Waals surface area contributed by atoms with Crippen LogP contribution in [0.2, 0.25) is 0 Å². The molecule has 1 fully saturated rings. The second-order valence-corrected chi connectivity index (χ2v) is 7.74. The minimum Gasteiger partial charge on any atom is -0.491 e. The molecular formula is C24H35NO5. The molecular weight excluding hydrogens is 382 g/mol. The maximum Gasteiger partial charge on any atom is 0.219 e. The second-order valence-electron chi connectivity index (χ2n) is 7.74. The number of amides is 1. The van der Waals surface area contributed by atoms with Crippen LogP contribution in [0.5, 0.6) is 5.75 Å². The fourth-order valence-electron chi connectivity index (χ4n) is 3.75. The van der Waals surface area contributed by atoms with E-state index in [1.165, 1.54) is 0 Å². The first-order chi connectivity index (χ1) is 14.5. The van der Waals surface area contributed by atoms with Crippen LogP contribution in [-0.2, 0) is 4.79 Å². The van der Waals surface area contributed by atoms with E-state index in [1.54, 1.807) is 12.2 Å². The second kappa shape index (κ2) is 13.2. The van der Waals surface area contributed by atoms with Gasteiger partial charge in [0.15, 0.2) is 0 Å². The van der Waals surface area contributed by atoms with E-state index in [9.17, 15) is 20.1 Å². The molecule has 1 aliphatic rings. The van der Waals surface area contributed by atoms with E-state index < -0.39 is 18.3 Å². The Morgan fingerprint density at radius 2 is 2.00 bits per heavy atom. The molecule has 5 atom stereocenters. The van der Waals surface area contributed by atoms with E-state index in [0.717, 1.165) is 12.8 Å². The maximum atomic E-state index is 11.4. The molecule has 30 heavy (non-hydrogen) atoms. The number of para-hydroxylation sites is 1. The maximum absolute atomic E-state index is 11.4. The number of hydrogen-bond donors (Lipinski definition) is 4. The van der Waals surface area contributed by atoms with Crippen LogP contribution in [0.25, 0.3) is 0 Å². The molecule has 1 saturated carbocycles. The highest BCUT2D eigenvalue weighted by atomic mass is 16.5. The van der Waals surface area contributed by atoms with Crippen molar-refractivity contribution < 1.29 is 24.9 Å². The number of aliphatic hydroxyl groups excluding tert-OH is 3. The Hall–Kier alpha value is -2.15. The predicted octanol–water partition coefficient (Wildman–Crippen LogP) is 2.59. The van der Waals surface area contributed by atoms with Crippen LogP contribution in [0.1, 0.15) is 39.0 Å². The highest BCUT2D eigenvalue weighted by molar-refractivity contribution is 5.75. The molecule has 1 aliphatic carbocycles. The van der Waals surface area contributed by atoms with Crippen molar-refractivity contribution in [2.45, 2.75) is 57.3 Å². The van der Waals surface area contributed by atoms with Crippen molar-refractivity contribution in [2.24, 2.45) is 11.8 Å². The molecule has 0 aliphatic heterocycles. The van der Waals surface area contributed by atoms with Crippen LogP contribution in [0, 0.1) is 11.8 Å². The lowest BCUT2D eigenvalue weighted by Crippen LogP contribution is -2.22. The summed E-state index contributed by atoms with van der Waals surface area (Å²) in [7, 11) is 0. The summed E-state index contributed by atoms with van der Waals surface area (Å²) in [6, 6.07) is 9.28. The summed E-state index contributed by atoms with van der Waals surface area (Å²) >= 11 is 0. The molecule has 0 aromatic heterocycles. The minimum atomic E-state index is -0.791. The Kier molecular flexibility index (Phi) is 10.6. The SMILES string of the molecule is CCNC(=O)CCC/C=C/C[C@@H]1[C@@H](C=C[C@@H](O)COc2ccccc2)[C@H](O)C[C@@H]1O. The Morgan fingerprint density at radius 1 is 1.23 bits per heavy atom. The molecule has 166 valence electrons. The number of carbonyl (C=O) groups excluding carboxylic acids is 1. The molecule has 1 aromatic rings. The lowest BCUT2D eigenvalue weighted by atomic mass is 9.89. The van der Waals surface area contributed by atoms with E-state index in [4.69, 9.17) is 4.74 Å². The molecule has 2 rings (SSSR count). The first-order valence-corrected chi connectivity index (χ1v) is 10.8. The van der Waals surface area contributed by atoms with Gasteiger partial charge in [-0.25, -0.2) is 0 Å². The quantitative estimate of drug-likeness (QED) is 0.310. The van der Waals surface area contributed by atoms with Gasteiger partial charge in [-0.05, 0) is 44.2 Å². The fraction of sp³-hybridized carbons (Fsp3) is 0.542. The van der Waals surface area contributed by atoms with Gasteiger partial charge in [0.1, 0.15) is 18.5 Å². The first-order valence-electron chi connectivity index (χ1n) is 10.8. The Bertz CT molecular complexity index is 675. The summed E-state index contributed by atoms with van der Waals surface area (Å²) < 4.78 is 5.54. The molecule has 4 N–H and O–H groups in total. The summed E-state index contributed by atoms with van der Waals surface area (Å²) in [6.45, 7) is 2.68. The lowest BCUT2D eigenvalue weighted by Gasteiger charge is -2.19. The molecule has 6 heteroatoms. The van der Waals surface area contributed by atoms with Crippen LogP contribution >= 0.6 is 0 Å². The number of aliphatic hydroxyl groups is 3. The van der Waals surface area contributed by atoms with Crippen LogP contribution in [0.3, 0.4) is 0 Å². The molecule has 6 nitrogen and oxygen atoms in total. The van der Waals surface area contributed by atoms with Crippen LogP contribution in [0.4, 0.5) is 0 Å². The number of benzene rings is 1. The first kappa shape index (κ1) is 24.1. The van der Waals surface area contributed by atoms with Crippen molar-refractivity contribution in [2.75, 3.05) is 13.2 Å². The van der Waals surface area contributed by atoms with Crippen LogP contribution in [-0.4, -0.2) is 52.7 Å². The van der Waals surface area contributed by atoms with Gasteiger partial charge in [0.25, 0.3) is 0 Å². The fourth-order valence-corrected chi connectivity index (χ4v) is 3.75. The summed E-state index contributed by atoms with van der Waals surface area (Å²) in [4.78, 5) is 11.4. The monoisotopic (exact) mass is 417 g/mol. The smallest absolute Gasteiger partial charge is 0.219 e. The van der Waals surface area contributed by atoms with Gasteiger partial charge in [0.2, 0.25) is 5.91 Å². The molecule has 1 aromatic carbocycles. The van der Waals surface area contributed by atoms with Gasteiger partial charge in [-0.3, -0.25) is 4.79 Å². The number of carbonyl (C=O) groups is 1. The van der Waals surface area contributed by atoms with Crippen molar-refractivity contribution in [3.05, 3.63) is 54.6 Å². The van der Waals surface area contributed by atoms with E-state index in [1.807, 2.05) is 49.4 Å². The van der Waals surface area contributed by atoms with E-state index >= 15 is 0 Å². The minimum absolute atomic E-state index is 0.0697. The Morgan fingerprint density at radius 3 is 2.73 bits per heavy atom. The average Bonchev–Trinajstić information content (AvgIpc) is 3.00. The largest absolute Gasteiger partial charge is 0.491 e. The van der Waals surface area contributed by atoms with E-state index in [0.29, 0.717) is 31.6 Å². The van der Waals surface area contributed by atoms with E-state index in [-0.39, 0.29) is 24.3 Å². The number of ether oxygens (including phenoxy) is 1. The average molecular weight is 418 g/mol. The summed E-state index contributed by atoms with van der Waals surface area (Å²) in [6.07, 6.45) is 8.56. The van der Waals surface area contributed by atoms with Gasteiger partial charge >= 0.3 is 0 Å². The Balaban J connectivity index is 1.78. The zero-order valence-electron chi connectivity index (χ0n) is 17.7. The number of allylic oxidation sites excluding steroid dienone is 2. The summed E-state index contributed by atoms with van der Waals surface area (Å²) in [5.74, 6) is 0.446.